The highest BCUT2D eigenvalue weighted by molar-refractivity contribution is 6.18. The van der Waals surface area contributed by atoms with Crippen LogP contribution in [0.4, 0.5) is 0 Å². The Labute approximate surface area is 92.5 Å². The van der Waals surface area contributed by atoms with Crippen LogP contribution in [0.1, 0.15) is 27.0 Å². The molecular weight excluding hydrogens is 223 g/mol. The van der Waals surface area contributed by atoms with Gasteiger partial charge in [-0.2, -0.15) is 0 Å². The zero-order valence-corrected chi connectivity index (χ0v) is 9.19. The van der Waals surface area contributed by atoms with Gasteiger partial charge in [0.25, 0.3) is 0 Å². The van der Waals surface area contributed by atoms with Gasteiger partial charge in [-0.25, -0.2) is 4.79 Å². The Morgan fingerprint density at radius 3 is 2.00 bits per heavy atom. The Morgan fingerprint density at radius 2 is 1.71 bits per heavy atom. The highest BCUT2D eigenvalue weighted by atomic mass is 35.5. The molecule has 1 N–H and O–H groups in total. The molecule has 0 aliphatic heterocycles. The summed E-state index contributed by atoms with van der Waals surface area (Å²) < 4.78 is 0. The zero-order chi connectivity index (χ0) is 10.7. The number of aromatic carboxylic acids is 1. The van der Waals surface area contributed by atoms with Gasteiger partial charge in [-0.15, -0.1) is 23.2 Å². The normalized spacial score (nSPS) is 10.2. The Balaban J connectivity index is 3.32. The largest absolute Gasteiger partial charge is 0.478 e. The van der Waals surface area contributed by atoms with Crippen molar-refractivity contribution < 1.29 is 9.90 Å². The van der Waals surface area contributed by atoms with Crippen LogP contribution in [0, 0.1) is 6.92 Å². The maximum absolute atomic E-state index is 10.8. The maximum Gasteiger partial charge on any atom is 0.335 e. The Morgan fingerprint density at radius 1 is 1.29 bits per heavy atom. The molecule has 0 bridgehead atoms. The molecule has 0 heterocycles. The summed E-state index contributed by atoms with van der Waals surface area (Å²) in [6.45, 7) is 1.89. The summed E-state index contributed by atoms with van der Waals surface area (Å²) in [6.07, 6.45) is 0. The molecule has 4 heteroatoms. The Hall–Kier alpha value is -0.730. The molecule has 14 heavy (non-hydrogen) atoms. The predicted molar refractivity (Wildman–Crippen MR) is 57.3 cm³/mol. The van der Waals surface area contributed by atoms with Crippen LogP contribution in [-0.4, -0.2) is 11.1 Å². The van der Waals surface area contributed by atoms with Crippen molar-refractivity contribution in [3.8, 4) is 0 Å². The van der Waals surface area contributed by atoms with E-state index in [0.29, 0.717) is 11.8 Å². The van der Waals surface area contributed by atoms with Crippen LogP contribution in [0.25, 0.3) is 0 Å². The van der Waals surface area contributed by atoms with Crippen molar-refractivity contribution in [3.63, 3.8) is 0 Å². The molecule has 0 spiro atoms. The van der Waals surface area contributed by atoms with Crippen LogP contribution in [0.3, 0.4) is 0 Å². The first-order valence-electron chi connectivity index (χ1n) is 4.07. The lowest BCUT2D eigenvalue weighted by molar-refractivity contribution is 0.0696. The molecule has 1 aromatic carbocycles. The van der Waals surface area contributed by atoms with E-state index in [0.717, 1.165) is 16.7 Å². The summed E-state index contributed by atoms with van der Waals surface area (Å²) in [7, 11) is 0. The number of rotatable bonds is 3. The molecule has 1 rings (SSSR count). The van der Waals surface area contributed by atoms with Gasteiger partial charge in [0.05, 0.1) is 5.56 Å². The first-order chi connectivity index (χ1) is 6.60. The van der Waals surface area contributed by atoms with Crippen molar-refractivity contribution in [1.29, 1.82) is 0 Å². The smallest absolute Gasteiger partial charge is 0.335 e. The number of alkyl halides is 2. The second-order valence-electron chi connectivity index (χ2n) is 2.99. The van der Waals surface area contributed by atoms with Gasteiger partial charge < -0.3 is 5.11 Å². The topological polar surface area (TPSA) is 37.3 Å². The van der Waals surface area contributed by atoms with Gasteiger partial charge in [-0.05, 0) is 35.7 Å². The minimum atomic E-state index is -0.956. The van der Waals surface area contributed by atoms with Gasteiger partial charge in [-0.3, -0.25) is 0 Å². The first-order valence-corrected chi connectivity index (χ1v) is 5.14. The van der Waals surface area contributed by atoms with Crippen LogP contribution in [-0.2, 0) is 11.8 Å². The van der Waals surface area contributed by atoms with Gasteiger partial charge in [0.1, 0.15) is 0 Å². The van der Waals surface area contributed by atoms with E-state index < -0.39 is 5.97 Å². The first kappa shape index (κ1) is 11.3. The van der Waals surface area contributed by atoms with Crippen molar-refractivity contribution in [2.45, 2.75) is 18.7 Å². The SMILES string of the molecule is Cc1c(CCl)cc(C(=O)O)cc1CCl. The summed E-state index contributed by atoms with van der Waals surface area (Å²) >= 11 is 11.4. The van der Waals surface area contributed by atoms with E-state index in [1.807, 2.05) is 6.92 Å². The van der Waals surface area contributed by atoms with Crippen molar-refractivity contribution in [1.82, 2.24) is 0 Å². The number of benzene rings is 1. The number of hydrogen-bond donors (Lipinski definition) is 1. The third-order valence-electron chi connectivity index (χ3n) is 2.16. The number of hydrogen-bond acceptors (Lipinski definition) is 1. The van der Waals surface area contributed by atoms with Crippen molar-refractivity contribution in [2.24, 2.45) is 0 Å². The van der Waals surface area contributed by atoms with E-state index in [2.05, 4.69) is 0 Å². The van der Waals surface area contributed by atoms with Crippen LogP contribution in [0.15, 0.2) is 12.1 Å². The lowest BCUT2D eigenvalue weighted by Gasteiger charge is -2.08. The van der Waals surface area contributed by atoms with Gasteiger partial charge in [-0.1, -0.05) is 0 Å². The molecule has 0 saturated heterocycles. The molecule has 76 valence electrons. The van der Waals surface area contributed by atoms with Crippen molar-refractivity contribution in [2.75, 3.05) is 0 Å². The summed E-state index contributed by atoms with van der Waals surface area (Å²) in [5.41, 5.74) is 2.85. The Kier molecular flexibility index (Phi) is 3.78. The monoisotopic (exact) mass is 232 g/mol. The number of halogens is 2. The maximum atomic E-state index is 10.8. The molecule has 0 radical (unpaired) electrons. The fourth-order valence-corrected chi connectivity index (χ4v) is 1.80. The van der Waals surface area contributed by atoms with Crippen LogP contribution >= 0.6 is 23.2 Å². The number of carboxylic acid groups (broad SMARTS) is 1. The van der Waals surface area contributed by atoms with E-state index in [4.69, 9.17) is 28.3 Å². The second kappa shape index (κ2) is 4.67. The molecule has 0 aliphatic rings. The van der Waals surface area contributed by atoms with E-state index in [1.165, 1.54) is 0 Å². The summed E-state index contributed by atoms with van der Waals surface area (Å²) in [4.78, 5) is 10.8. The van der Waals surface area contributed by atoms with Gasteiger partial charge >= 0.3 is 5.97 Å². The van der Waals surface area contributed by atoms with Crippen molar-refractivity contribution in [3.05, 3.63) is 34.4 Å². The molecule has 2 nitrogen and oxygen atoms in total. The third kappa shape index (κ3) is 2.20. The number of carbonyl (C=O) groups is 1. The standard InChI is InChI=1S/C10H10Cl2O2/c1-6-8(4-11)2-7(10(13)14)3-9(6)5-12/h2-3H,4-5H2,1H3,(H,13,14). The van der Waals surface area contributed by atoms with Crippen LogP contribution in [0.5, 0.6) is 0 Å². The zero-order valence-electron chi connectivity index (χ0n) is 7.68. The van der Waals surface area contributed by atoms with Crippen LogP contribution in [0.2, 0.25) is 0 Å². The predicted octanol–water partition coefficient (Wildman–Crippen LogP) is 3.17. The molecule has 0 amide bonds. The molecule has 0 fully saturated rings. The molecule has 0 saturated carbocycles. The molecule has 0 aromatic heterocycles. The highest BCUT2D eigenvalue weighted by Gasteiger charge is 2.10. The van der Waals surface area contributed by atoms with E-state index in [1.54, 1.807) is 12.1 Å². The summed E-state index contributed by atoms with van der Waals surface area (Å²) in [6, 6.07) is 3.17. The van der Waals surface area contributed by atoms with Gasteiger partial charge in [0.2, 0.25) is 0 Å². The van der Waals surface area contributed by atoms with Crippen molar-refractivity contribution >= 4 is 29.2 Å². The van der Waals surface area contributed by atoms with E-state index >= 15 is 0 Å². The minimum absolute atomic E-state index is 0.238. The molecule has 0 unspecified atom stereocenters. The third-order valence-corrected chi connectivity index (χ3v) is 2.73. The lowest BCUT2D eigenvalue weighted by Crippen LogP contribution is -2.01. The Bertz CT molecular complexity index is 336. The quantitative estimate of drug-likeness (QED) is 0.814. The summed E-state index contributed by atoms with van der Waals surface area (Å²) in [5.74, 6) is -0.351. The van der Waals surface area contributed by atoms with E-state index in [-0.39, 0.29) is 5.56 Å². The molecule has 0 atom stereocenters. The lowest BCUT2D eigenvalue weighted by atomic mass is 10.0. The van der Waals surface area contributed by atoms with E-state index in [9.17, 15) is 4.79 Å². The fraction of sp³-hybridized carbons (Fsp3) is 0.300. The highest BCUT2D eigenvalue weighted by Crippen LogP contribution is 2.20. The van der Waals surface area contributed by atoms with Gasteiger partial charge in [0, 0.05) is 11.8 Å². The molecular formula is C10H10Cl2O2. The average molecular weight is 233 g/mol. The average Bonchev–Trinajstić information content (AvgIpc) is 2.17. The number of carboxylic acids is 1. The summed E-state index contributed by atoms with van der Waals surface area (Å²) in [5, 5.41) is 8.83. The van der Waals surface area contributed by atoms with Crippen LogP contribution < -0.4 is 0 Å². The minimum Gasteiger partial charge on any atom is -0.478 e. The fourth-order valence-electron chi connectivity index (χ4n) is 1.24. The van der Waals surface area contributed by atoms with Gasteiger partial charge in [0.15, 0.2) is 0 Å². The second-order valence-corrected chi connectivity index (χ2v) is 3.53. The molecule has 0 aliphatic carbocycles. The molecule has 1 aromatic rings.